The molecule has 2 heterocycles. The molecule has 1 saturated carbocycles. The van der Waals surface area contributed by atoms with Crippen molar-refractivity contribution in [2.75, 3.05) is 12.9 Å². The molecule has 1 aliphatic heterocycles. The number of nitrogens with zero attached hydrogens (tertiary/aromatic N) is 1. The normalized spacial score (nSPS) is 28.2. The monoisotopic (exact) mass is 426 g/mol. The molecule has 2 atom stereocenters. The van der Waals surface area contributed by atoms with Gasteiger partial charge in [-0.25, -0.2) is 13.1 Å². The summed E-state index contributed by atoms with van der Waals surface area (Å²) in [5.74, 6) is 0.266. The molecule has 0 saturated heterocycles. The lowest BCUT2D eigenvalue weighted by Crippen LogP contribution is -2.49. The number of aromatic nitrogens is 1. The van der Waals surface area contributed by atoms with Crippen molar-refractivity contribution in [3.8, 4) is 0 Å². The van der Waals surface area contributed by atoms with Crippen LogP contribution in [0, 0.1) is 12.8 Å². The van der Waals surface area contributed by atoms with E-state index in [9.17, 15) is 18.3 Å². The van der Waals surface area contributed by atoms with E-state index in [1.54, 1.807) is 11.5 Å². The van der Waals surface area contributed by atoms with Gasteiger partial charge in [-0.15, -0.1) is 0 Å². The van der Waals surface area contributed by atoms with Gasteiger partial charge in [0.05, 0.1) is 30.6 Å². The molecule has 0 aromatic carbocycles. The average molecular weight is 427 g/mol. The van der Waals surface area contributed by atoms with Crippen molar-refractivity contribution >= 4 is 10.0 Å². The predicted octanol–water partition coefficient (Wildman–Crippen LogP) is 1.91. The van der Waals surface area contributed by atoms with Gasteiger partial charge < -0.3 is 14.4 Å². The van der Waals surface area contributed by atoms with E-state index in [0.717, 1.165) is 37.6 Å². The number of hydrogen-bond acceptors (Lipinski definition) is 5. The smallest absolute Gasteiger partial charge is 0.254 e. The Hall–Kier alpha value is -1.22. The van der Waals surface area contributed by atoms with Crippen LogP contribution >= 0.6 is 0 Å². The first-order chi connectivity index (χ1) is 13.5. The van der Waals surface area contributed by atoms with Gasteiger partial charge >= 0.3 is 0 Å². The molecule has 29 heavy (non-hydrogen) atoms. The van der Waals surface area contributed by atoms with Crippen molar-refractivity contribution in [3.63, 3.8) is 0 Å². The zero-order valence-corrected chi connectivity index (χ0v) is 18.7. The molecule has 1 aromatic heterocycles. The third-order valence-electron chi connectivity index (χ3n) is 6.44. The number of pyridine rings is 1. The van der Waals surface area contributed by atoms with Gasteiger partial charge in [-0.3, -0.25) is 4.79 Å². The topological polar surface area (TPSA) is 97.6 Å². The van der Waals surface area contributed by atoms with Gasteiger partial charge in [0.2, 0.25) is 10.0 Å². The number of aliphatic hydroxyl groups is 1. The van der Waals surface area contributed by atoms with Crippen LogP contribution in [0.5, 0.6) is 0 Å². The van der Waals surface area contributed by atoms with Gasteiger partial charge in [0, 0.05) is 17.3 Å². The maximum atomic E-state index is 12.8. The summed E-state index contributed by atoms with van der Waals surface area (Å²) in [5, 5.41) is 10.2. The lowest BCUT2D eigenvalue weighted by Gasteiger charge is -2.38. The molecule has 3 rings (SSSR count). The summed E-state index contributed by atoms with van der Waals surface area (Å²) in [6.07, 6.45) is 6.03. The van der Waals surface area contributed by atoms with Crippen LogP contribution in [0.2, 0.25) is 0 Å². The quantitative estimate of drug-likeness (QED) is 0.724. The van der Waals surface area contributed by atoms with Crippen molar-refractivity contribution in [1.29, 1.82) is 0 Å². The molecule has 1 fully saturated rings. The van der Waals surface area contributed by atoms with Crippen LogP contribution in [-0.4, -0.2) is 48.7 Å². The van der Waals surface area contributed by atoms with Crippen LogP contribution in [0.25, 0.3) is 0 Å². The van der Waals surface area contributed by atoms with Gasteiger partial charge in [0.25, 0.3) is 5.56 Å². The molecule has 0 bridgehead atoms. The first-order valence-electron chi connectivity index (χ1n) is 10.5. The Morgan fingerprint density at radius 1 is 1.21 bits per heavy atom. The minimum absolute atomic E-state index is 0.0679. The zero-order chi connectivity index (χ0) is 21.4. The fourth-order valence-electron chi connectivity index (χ4n) is 4.71. The summed E-state index contributed by atoms with van der Waals surface area (Å²) in [7, 11) is -3.40. The number of sulfonamides is 1. The maximum absolute atomic E-state index is 12.8. The largest absolute Gasteiger partial charge is 0.390 e. The standard InChI is InChI=1S/C21H34N2O5S/c1-14-5-8-16-9-12-18(22-29(4,26)27)19(23(16)20(14)24)13-28-17-10-6-15(7-11-17)21(2,3)25/h5,8,15,17-19,22,25H,6-7,9-13H2,1-4H3/t15?,17?,18-,19-/m0/s1. The molecule has 0 unspecified atom stereocenters. The van der Waals surface area contributed by atoms with Gasteiger partial charge in [0.1, 0.15) is 0 Å². The van der Waals surface area contributed by atoms with Crippen molar-refractivity contribution in [2.45, 2.75) is 83.1 Å². The molecule has 0 spiro atoms. The van der Waals surface area contributed by atoms with Gasteiger partial charge in [-0.2, -0.15) is 0 Å². The number of ether oxygens (including phenoxy) is 1. The van der Waals surface area contributed by atoms with Crippen molar-refractivity contribution < 1.29 is 18.3 Å². The van der Waals surface area contributed by atoms with E-state index in [1.807, 2.05) is 26.0 Å². The molecular formula is C21H34N2O5S. The number of fused-ring (bicyclic) bond motifs is 1. The highest BCUT2D eigenvalue weighted by Crippen LogP contribution is 2.34. The third kappa shape index (κ3) is 5.48. The molecule has 8 heteroatoms. The van der Waals surface area contributed by atoms with Gasteiger partial charge in [0.15, 0.2) is 0 Å². The number of nitrogens with one attached hydrogen (secondary N) is 1. The first kappa shape index (κ1) is 22.5. The Balaban J connectivity index is 1.76. The molecule has 164 valence electrons. The second-order valence-electron chi connectivity index (χ2n) is 9.25. The molecule has 1 aromatic rings. The highest BCUT2D eigenvalue weighted by atomic mass is 32.2. The van der Waals surface area contributed by atoms with Gasteiger partial charge in [-0.1, -0.05) is 6.07 Å². The van der Waals surface area contributed by atoms with Gasteiger partial charge in [-0.05, 0) is 71.3 Å². The van der Waals surface area contributed by atoms with E-state index in [-0.39, 0.29) is 29.7 Å². The van der Waals surface area contributed by atoms with Crippen LogP contribution in [0.15, 0.2) is 16.9 Å². The van der Waals surface area contributed by atoms with Crippen molar-refractivity contribution in [1.82, 2.24) is 9.29 Å². The number of aryl methyl sites for hydroxylation is 2. The van der Waals surface area contributed by atoms with Crippen molar-refractivity contribution in [2.24, 2.45) is 5.92 Å². The Morgan fingerprint density at radius 3 is 2.45 bits per heavy atom. The lowest BCUT2D eigenvalue weighted by atomic mass is 9.78. The Labute approximate surface area is 173 Å². The summed E-state index contributed by atoms with van der Waals surface area (Å²) in [4.78, 5) is 12.8. The lowest BCUT2D eigenvalue weighted by molar-refractivity contribution is -0.0473. The fraction of sp³-hybridized carbons (Fsp3) is 0.762. The summed E-state index contributed by atoms with van der Waals surface area (Å²) in [6, 6.07) is 3.04. The van der Waals surface area contributed by atoms with E-state index >= 15 is 0 Å². The zero-order valence-electron chi connectivity index (χ0n) is 17.8. The highest BCUT2D eigenvalue weighted by Gasteiger charge is 2.35. The Bertz CT molecular complexity index is 879. The van der Waals surface area contributed by atoms with Crippen LogP contribution < -0.4 is 10.3 Å². The fourth-order valence-corrected chi connectivity index (χ4v) is 5.53. The van der Waals surface area contributed by atoms with E-state index in [0.29, 0.717) is 25.0 Å². The molecule has 2 aliphatic rings. The molecule has 2 N–H and O–H groups in total. The van der Waals surface area contributed by atoms with Crippen molar-refractivity contribution in [3.05, 3.63) is 33.7 Å². The summed E-state index contributed by atoms with van der Waals surface area (Å²) < 4.78 is 34.4. The van der Waals surface area contributed by atoms with E-state index in [1.165, 1.54) is 0 Å². The minimum Gasteiger partial charge on any atom is -0.390 e. The van der Waals surface area contributed by atoms with Crippen LogP contribution in [-0.2, 0) is 21.2 Å². The second kappa shape index (κ2) is 8.49. The van der Waals surface area contributed by atoms with Crippen LogP contribution in [0.1, 0.15) is 63.3 Å². The Kier molecular flexibility index (Phi) is 6.58. The molecule has 7 nitrogen and oxygen atoms in total. The average Bonchev–Trinajstić information content (AvgIpc) is 2.62. The SMILES string of the molecule is Cc1ccc2n(c1=O)[C@@H](COC1CCC(C(C)(C)O)CC1)[C@@H](NS(C)(=O)=O)CC2. The maximum Gasteiger partial charge on any atom is 0.254 e. The van der Waals surface area contributed by atoms with E-state index in [4.69, 9.17) is 4.74 Å². The molecule has 0 radical (unpaired) electrons. The van der Waals surface area contributed by atoms with E-state index in [2.05, 4.69) is 4.72 Å². The number of rotatable bonds is 6. The third-order valence-corrected chi connectivity index (χ3v) is 7.17. The summed E-state index contributed by atoms with van der Waals surface area (Å²) >= 11 is 0. The minimum atomic E-state index is -3.40. The predicted molar refractivity (Wildman–Crippen MR) is 113 cm³/mol. The van der Waals surface area contributed by atoms with Crippen LogP contribution in [0.4, 0.5) is 0 Å². The molecule has 1 aliphatic carbocycles. The van der Waals surface area contributed by atoms with E-state index < -0.39 is 15.6 Å². The highest BCUT2D eigenvalue weighted by molar-refractivity contribution is 7.88. The number of hydrogen-bond donors (Lipinski definition) is 2. The second-order valence-corrected chi connectivity index (χ2v) is 11.0. The first-order valence-corrected chi connectivity index (χ1v) is 12.4. The Morgan fingerprint density at radius 2 is 1.86 bits per heavy atom. The summed E-state index contributed by atoms with van der Waals surface area (Å²) in [6.45, 7) is 5.78. The van der Waals surface area contributed by atoms with Crippen LogP contribution in [0.3, 0.4) is 0 Å². The summed E-state index contributed by atoms with van der Waals surface area (Å²) in [5.41, 5.74) is 0.806. The molecule has 0 amide bonds. The molecular weight excluding hydrogens is 392 g/mol.